The van der Waals surface area contributed by atoms with Crippen LogP contribution in [-0.2, 0) is 4.74 Å². The minimum Gasteiger partial charge on any atom is -0.493 e. The van der Waals surface area contributed by atoms with Gasteiger partial charge in [0.15, 0.2) is 11.5 Å². The number of methoxy groups -OCH3 is 2. The summed E-state index contributed by atoms with van der Waals surface area (Å²) in [4.78, 5) is 16.1. The van der Waals surface area contributed by atoms with E-state index in [4.69, 9.17) is 14.2 Å². The number of ether oxygens (including phenoxy) is 3. The summed E-state index contributed by atoms with van der Waals surface area (Å²) in [6, 6.07) is 7.18. The van der Waals surface area contributed by atoms with Gasteiger partial charge in [-0.3, -0.25) is 4.98 Å². The number of nitrogens with one attached hydrogen (secondary N) is 1. The van der Waals surface area contributed by atoms with Crippen molar-refractivity contribution in [1.82, 2.24) is 4.98 Å². The molecule has 1 aliphatic rings. The predicted molar refractivity (Wildman–Crippen MR) is 75.6 cm³/mol. The Morgan fingerprint density at radius 3 is 2.76 bits per heavy atom. The second-order valence-corrected chi connectivity index (χ2v) is 4.44. The Bertz CT molecular complexity index is 673. The van der Waals surface area contributed by atoms with Crippen LogP contribution in [0.25, 0.3) is 0 Å². The van der Waals surface area contributed by atoms with Gasteiger partial charge in [0.2, 0.25) is 6.23 Å². The minimum atomic E-state index is -0.573. The zero-order chi connectivity index (χ0) is 14.8. The normalized spacial score (nSPS) is 16.1. The van der Waals surface area contributed by atoms with Gasteiger partial charge >= 0.3 is 5.97 Å². The molecule has 0 spiro atoms. The van der Waals surface area contributed by atoms with Gasteiger partial charge in [0, 0.05) is 11.8 Å². The van der Waals surface area contributed by atoms with E-state index in [1.807, 2.05) is 6.07 Å². The highest BCUT2D eigenvalue weighted by molar-refractivity contribution is 5.98. The van der Waals surface area contributed by atoms with Crippen LogP contribution in [0.5, 0.6) is 11.5 Å². The fourth-order valence-electron chi connectivity index (χ4n) is 2.31. The summed E-state index contributed by atoms with van der Waals surface area (Å²) in [6.07, 6.45) is 2.76. The van der Waals surface area contributed by atoms with E-state index in [1.54, 1.807) is 30.6 Å². The molecule has 1 aromatic carbocycles. The molecule has 0 saturated carbocycles. The molecule has 1 unspecified atom stereocenters. The number of anilines is 1. The predicted octanol–water partition coefficient (Wildman–Crippen LogP) is 2.38. The van der Waals surface area contributed by atoms with E-state index in [-0.39, 0.29) is 0 Å². The molecule has 1 atom stereocenters. The first kappa shape index (κ1) is 13.2. The number of esters is 1. The topological polar surface area (TPSA) is 69.7 Å². The maximum Gasteiger partial charge on any atom is 0.344 e. The summed E-state index contributed by atoms with van der Waals surface area (Å²) in [6.45, 7) is 0. The summed E-state index contributed by atoms with van der Waals surface area (Å²) in [5.41, 5.74) is 1.86. The fraction of sp³-hybridized carbons (Fsp3) is 0.200. The number of carbonyl (C=O) groups excluding carboxylic acids is 1. The van der Waals surface area contributed by atoms with Crippen molar-refractivity contribution in [1.29, 1.82) is 0 Å². The van der Waals surface area contributed by atoms with Gasteiger partial charge in [0.05, 0.1) is 26.1 Å². The zero-order valence-electron chi connectivity index (χ0n) is 11.6. The standard InChI is InChI=1S/C15H14N2O4/c1-19-11-6-5-10-12(13(11)20-2)15(18)21-14(10)17-9-4-3-7-16-8-9/h3-8,14,17H,1-2H3. The highest BCUT2D eigenvalue weighted by Crippen LogP contribution is 2.41. The third kappa shape index (κ3) is 2.24. The van der Waals surface area contributed by atoms with E-state index in [0.717, 1.165) is 5.69 Å². The molecule has 2 aromatic rings. The number of cyclic esters (lactones) is 1. The molecule has 0 aliphatic carbocycles. The first-order valence-electron chi connectivity index (χ1n) is 6.37. The summed E-state index contributed by atoms with van der Waals surface area (Å²) < 4.78 is 15.8. The largest absolute Gasteiger partial charge is 0.493 e. The molecule has 0 amide bonds. The Morgan fingerprint density at radius 2 is 2.10 bits per heavy atom. The summed E-state index contributed by atoms with van der Waals surface area (Å²) >= 11 is 0. The number of hydrogen-bond donors (Lipinski definition) is 1. The van der Waals surface area contributed by atoms with Crippen molar-refractivity contribution in [2.75, 3.05) is 19.5 Å². The molecular formula is C15H14N2O4. The van der Waals surface area contributed by atoms with Gasteiger partial charge in [-0.1, -0.05) is 0 Å². The van der Waals surface area contributed by atoms with Gasteiger partial charge in [0.1, 0.15) is 5.56 Å². The second kappa shape index (κ2) is 5.32. The minimum absolute atomic E-state index is 0.385. The average molecular weight is 286 g/mol. The highest BCUT2D eigenvalue weighted by Gasteiger charge is 2.35. The highest BCUT2D eigenvalue weighted by atomic mass is 16.6. The van der Waals surface area contributed by atoms with Crippen LogP contribution in [0.2, 0.25) is 0 Å². The molecule has 0 fully saturated rings. The van der Waals surface area contributed by atoms with E-state index in [1.165, 1.54) is 14.2 Å². The molecule has 1 N–H and O–H groups in total. The molecule has 3 rings (SSSR count). The van der Waals surface area contributed by atoms with E-state index in [9.17, 15) is 4.79 Å². The molecule has 0 saturated heterocycles. The number of nitrogens with zero attached hydrogens (tertiary/aromatic N) is 1. The van der Waals surface area contributed by atoms with Crippen LogP contribution in [0.4, 0.5) is 5.69 Å². The monoisotopic (exact) mass is 286 g/mol. The van der Waals surface area contributed by atoms with Gasteiger partial charge in [-0.15, -0.1) is 0 Å². The zero-order valence-corrected chi connectivity index (χ0v) is 11.6. The summed E-state index contributed by atoms with van der Waals surface area (Å²) in [5.74, 6) is 0.438. The Morgan fingerprint density at radius 1 is 1.24 bits per heavy atom. The van der Waals surface area contributed by atoms with Gasteiger partial charge in [-0.2, -0.15) is 0 Å². The van der Waals surface area contributed by atoms with E-state index in [0.29, 0.717) is 22.6 Å². The van der Waals surface area contributed by atoms with Gasteiger partial charge < -0.3 is 19.5 Å². The van der Waals surface area contributed by atoms with Crippen molar-refractivity contribution in [2.24, 2.45) is 0 Å². The second-order valence-electron chi connectivity index (χ2n) is 4.44. The van der Waals surface area contributed by atoms with Crippen molar-refractivity contribution in [3.8, 4) is 11.5 Å². The Kier molecular flexibility index (Phi) is 3.35. The SMILES string of the molecule is COc1ccc2c(c1OC)C(=O)OC2Nc1cccnc1. The lowest BCUT2D eigenvalue weighted by atomic mass is 10.1. The van der Waals surface area contributed by atoms with Crippen LogP contribution < -0.4 is 14.8 Å². The third-order valence-corrected chi connectivity index (χ3v) is 3.25. The molecule has 108 valence electrons. The number of aromatic nitrogens is 1. The fourth-order valence-corrected chi connectivity index (χ4v) is 2.31. The first-order valence-corrected chi connectivity index (χ1v) is 6.37. The van der Waals surface area contributed by atoms with Crippen molar-refractivity contribution in [3.05, 3.63) is 47.8 Å². The van der Waals surface area contributed by atoms with E-state index in [2.05, 4.69) is 10.3 Å². The van der Waals surface area contributed by atoms with Crippen molar-refractivity contribution < 1.29 is 19.0 Å². The van der Waals surface area contributed by atoms with E-state index >= 15 is 0 Å². The molecule has 2 heterocycles. The van der Waals surface area contributed by atoms with Crippen LogP contribution in [-0.4, -0.2) is 25.2 Å². The maximum atomic E-state index is 12.1. The van der Waals surface area contributed by atoms with Crippen molar-refractivity contribution in [3.63, 3.8) is 0 Å². The lowest BCUT2D eigenvalue weighted by molar-refractivity contribution is 0.0435. The molecule has 1 aliphatic heterocycles. The number of pyridine rings is 1. The lowest BCUT2D eigenvalue weighted by Crippen LogP contribution is -2.10. The number of carbonyl (C=O) groups is 1. The summed E-state index contributed by atoms with van der Waals surface area (Å²) in [7, 11) is 3.02. The molecule has 6 nitrogen and oxygen atoms in total. The molecule has 1 aromatic heterocycles. The molecular weight excluding hydrogens is 272 g/mol. The Balaban J connectivity index is 1.99. The maximum absolute atomic E-state index is 12.1. The quantitative estimate of drug-likeness (QED) is 0.870. The van der Waals surface area contributed by atoms with E-state index < -0.39 is 12.2 Å². The Hall–Kier alpha value is -2.76. The van der Waals surface area contributed by atoms with Gasteiger partial charge in [-0.05, 0) is 24.3 Å². The number of fused-ring (bicyclic) bond motifs is 1. The molecule has 0 radical (unpaired) electrons. The molecule has 0 bridgehead atoms. The van der Waals surface area contributed by atoms with Gasteiger partial charge in [0.25, 0.3) is 0 Å². The summed E-state index contributed by atoms with van der Waals surface area (Å²) in [5, 5.41) is 3.11. The van der Waals surface area contributed by atoms with Crippen molar-refractivity contribution in [2.45, 2.75) is 6.23 Å². The lowest BCUT2D eigenvalue weighted by Gasteiger charge is -2.14. The van der Waals surface area contributed by atoms with Crippen LogP contribution in [0.1, 0.15) is 22.1 Å². The number of benzene rings is 1. The van der Waals surface area contributed by atoms with Gasteiger partial charge in [-0.25, -0.2) is 4.79 Å². The number of rotatable bonds is 4. The van der Waals surface area contributed by atoms with Crippen LogP contribution in [0.3, 0.4) is 0 Å². The van der Waals surface area contributed by atoms with Crippen LogP contribution >= 0.6 is 0 Å². The van der Waals surface area contributed by atoms with Crippen molar-refractivity contribution >= 4 is 11.7 Å². The molecule has 6 heteroatoms. The first-order chi connectivity index (χ1) is 10.2. The third-order valence-electron chi connectivity index (χ3n) is 3.25. The average Bonchev–Trinajstić information content (AvgIpc) is 2.83. The smallest absolute Gasteiger partial charge is 0.344 e. The number of hydrogen-bond acceptors (Lipinski definition) is 6. The molecule has 21 heavy (non-hydrogen) atoms. The van der Waals surface area contributed by atoms with Crippen LogP contribution in [0.15, 0.2) is 36.7 Å². The van der Waals surface area contributed by atoms with Crippen LogP contribution in [0, 0.1) is 0 Å². The Labute approximate surface area is 121 Å².